The topological polar surface area (TPSA) is 676 Å². The first-order valence-electron chi connectivity index (χ1n) is 44.3. The standard InChI is InChI=1S/C29H40N8O4.C28H37N5O4.C26H33N5O4.5C2HF3O2/c1-4-18-17(15-36-28(39)21(30)10-8-12-34-29(32)33)9-7-11-22(18)37-26-19-13-24(40-5-2)25(41-6-3)14-23(19)35-16-20(26)27(31)38;1-6-18-17(14-32-28(35)25(29)16(4)5)10-9-11-21(18)33-26-19-12-23(36-7-2)24(37-8-3)13-22(19)31-15-20(26)27(30)34;1-5-17-16(13-30-26(33)15(4)27)9-8-10-20(17)31-24-18-11-22(34-6-2)23(35-7-3)12-21(18)29-14-19(24)25(28)32;5*3-2(4,5)1(6)7/h7,9,11,13-14,16,21H,4-6,8,10,12,15,30H2,1-3H3,(H2,31,38)(H,35,37)(H,36,39)(H4,32,33,34);9-13,15-16,25H,6-8,14,29H2,1-5H3,(H2,30,34)(H,31,33)(H,32,35);8-12,14-15H,5-7,13,27H2,1-4H3,(H2,28,32)(H,29,31)(H,30,33);5*(H,6,7)/t21-;25-;15-;;;;;/m000...../s1. The number of hydrogen-bond acceptors (Lipinski definition) is 27. The van der Waals surface area contributed by atoms with Crippen molar-refractivity contribution in [2.45, 2.75) is 184 Å². The van der Waals surface area contributed by atoms with E-state index < -0.39 is 96.6 Å². The summed E-state index contributed by atoms with van der Waals surface area (Å²) >= 11 is 0. The van der Waals surface area contributed by atoms with Crippen LogP contribution in [0, 0.1) is 5.92 Å². The number of carboxylic acids is 5. The lowest BCUT2D eigenvalue weighted by atomic mass is 10.0. The molecule has 0 spiro atoms. The monoisotopic (exact) mass is 2120 g/mol. The van der Waals surface area contributed by atoms with Gasteiger partial charge in [-0.2, -0.15) is 65.9 Å². The third-order valence-corrected chi connectivity index (χ3v) is 19.4. The first-order chi connectivity index (χ1) is 68.9. The number of carboxylic acid groups (broad SMARTS) is 5. The van der Waals surface area contributed by atoms with Crippen LogP contribution in [0.5, 0.6) is 34.5 Å². The van der Waals surface area contributed by atoms with E-state index in [1.807, 2.05) is 143 Å². The molecule has 0 aliphatic rings. The lowest BCUT2D eigenvalue weighted by Gasteiger charge is -2.20. The number of aliphatic carboxylic acids is 5. The van der Waals surface area contributed by atoms with Gasteiger partial charge in [-0.05, 0) is 156 Å². The largest absolute Gasteiger partial charge is 0.490 e. The number of pyridine rings is 3. The molecule has 55 heteroatoms. The second-order valence-corrected chi connectivity index (χ2v) is 30.3. The van der Waals surface area contributed by atoms with E-state index in [4.69, 9.17) is 124 Å². The van der Waals surface area contributed by atoms with Crippen molar-refractivity contribution in [2.75, 3.05) is 62.1 Å². The first-order valence-corrected chi connectivity index (χ1v) is 44.3. The molecule has 0 unspecified atom stereocenters. The highest BCUT2D eigenvalue weighted by Gasteiger charge is 2.41. The number of amides is 6. The van der Waals surface area contributed by atoms with E-state index in [2.05, 4.69) is 51.8 Å². The zero-order chi connectivity index (χ0) is 113. The number of rotatable bonds is 38. The number of nitrogens with one attached hydrogen (secondary N) is 6. The fraction of sp³-hybridized carbons (Fsp3) is 0.387. The number of nitrogens with zero attached hydrogens (tertiary/aromatic N) is 4. The van der Waals surface area contributed by atoms with Gasteiger partial charge in [0.2, 0.25) is 17.7 Å². The van der Waals surface area contributed by atoms with Crippen LogP contribution in [0.25, 0.3) is 32.7 Å². The highest BCUT2D eigenvalue weighted by atomic mass is 19.4. The number of nitrogens with two attached hydrogens (primary N) is 8. The van der Waals surface area contributed by atoms with Crippen molar-refractivity contribution in [3.8, 4) is 34.5 Å². The van der Waals surface area contributed by atoms with Crippen LogP contribution in [0.4, 0.5) is 100.0 Å². The number of guanidine groups is 1. The van der Waals surface area contributed by atoms with E-state index in [1.54, 1.807) is 31.2 Å². The Balaban J connectivity index is 0.000000642. The number of alkyl halides is 15. The summed E-state index contributed by atoms with van der Waals surface area (Å²) in [5.41, 5.74) is 57.8. The molecule has 6 aromatic carbocycles. The average Bonchev–Trinajstić information content (AvgIpc) is 0.776. The molecule has 6 amide bonds. The van der Waals surface area contributed by atoms with Gasteiger partial charge in [-0.1, -0.05) is 71.0 Å². The number of hydrogen-bond donors (Lipinski definition) is 19. The van der Waals surface area contributed by atoms with Crippen LogP contribution >= 0.6 is 0 Å². The quantitative estimate of drug-likeness (QED) is 0.00739. The lowest BCUT2D eigenvalue weighted by Crippen LogP contribution is -2.43. The van der Waals surface area contributed by atoms with Crippen molar-refractivity contribution in [1.29, 1.82) is 0 Å². The van der Waals surface area contributed by atoms with Gasteiger partial charge in [0, 0.05) is 96.2 Å². The van der Waals surface area contributed by atoms with E-state index in [-0.39, 0.29) is 52.8 Å². The molecular weight excluding hydrogens is 2010 g/mol. The summed E-state index contributed by atoms with van der Waals surface area (Å²) in [6.07, 6.45) is -18.0. The number of benzene rings is 6. The van der Waals surface area contributed by atoms with Crippen molar-refractivity contribution in [2.24, 2.45) is 56.8 Å². The van der Waals surface area contributed by atoms with E-state index >= 15 is 0 Å². The maximum atomic E-state index is 12.6. The van der Waals surface area contributed by atoms with Gasteiger partial charge >= 0.3 is 60.7 Å². The fourth-order valence-corrected chi connectivity index (χ4v) is 12.5. The summed E-state index contributed by atoms with van der Waals surface area (Å²) in [6, 6.07) is 26.2. The van der Waals surface area contributed by atoms with Crippen molar-refractivity contribution < 1.29 is 173 Å². The SMILES string of the molecule is CCOc1cc2ncc(C(N)=O)c(Nc3cccc(CNC(=O)[C@@H](N)C(C)C)c3CC)c2cc1OCC.CCOc1cc2ncc(C(N)=O)c(Nc3cccc(CNC(=O)[C@@H](N)CCCN=C(N)N)c3CC)c2cc1OCC.CCOc1cc2ncc(C(N)=O)c(Nc3cccc(CNC(=O)[C@H](C)N)c3CC)c2cc1OCC.O=C(O)C(F)(F)F.O=C(O)C(F)(F)F.O=C(O)C(F)(F)F.O=C(O)C(F)(F)F.O=C(O)C(F)(F)F. The van der Waals surface area contributed by atoms with Crippen LogP contribution in [0.3, 0.4) is 0 Å². The summed E-state index contributed by atoms with van der Waals surface area (Å²) in [4.78, 5) is 136. The maximum Gasteiger partial charge on any atom is 0.490 e. The van der Waals surface area contributed by atoms with E-state index in [9.17, 15) is 94.6 Å². The molecule has 0 fully saturated rings. The molecule has 0 saturated carbocycles. The number of primary amides is 3. The molecule has 9 rings (SSSR count). The smallest absolute Gasteiger partial charge is 0.490 e. The molecule has 0 saturated heterocycles. The van der Waals surface area contributed by atoms with Gasteiger partial charge in [0.1, 0.15) is 0 Å². The molecule has 3 atom stereocenters. The van der Waals surface area contributed by atoms with E-state index in [0.717, 1.165) is 50.4 Å². The molecule has 9 aromatic rings. The van der Waals surface area contributed by atoms with Gasteiger partial charge in [0.15, 0.2) is 40.5 Å². The Morgan fingerprint density at radius 1 is 0.365 bits per heavy atom. The number of carbonyl (C=O) groups is 11. The molecule has 0 bridgehead atoms. The summed E-state index contributed by atoms with van der Waals surface area (Å²) in [6.45, 7) is 27.0. The molecule has 0 aliphatic heterocycles. The van der Waals surface area contributed by atoms with Crippen LogP contribution in [-0.2, 0) is 77.3 Å². The molecule has 27 N–H and O–H groups in total. The Kier molecular flexibility index (Phi) is 52.0. The van der Waals surface area contributed by atoms with Crippen LogP contribution in [0.15, 0.2) is 115 Å². The fourth-order valence-electron chi connectivity index (χ4n) is 12.5. The van der Waals surface area contributed by atoms with E-state index in [0.29, 0.717) is 176 Å². The number of aromatic nitrogens is 3. The summed E-state index contributed by atoms with van der Waals surface area (Å²) in [7, 11) is 0. The number of aliphatic imine (C=N–C) groups is 1. The number of fused-ring (bicyclic) bond motifs is 3. The second-order valence-electron chi connectivity index (χ2n) is 30.3. The van der Waals surface area contributed by atoms with Crippen LogP contribution in [0.1, 0.15) is 160 Å². The number of carbonyl (C=O) groups excluding carboxylic acids is 6. The van der Waals surface area contributed by atoms with Gasteiger partial charge < -0.3 is 132 Å². The van der Waals surface area contributed by atoms with Gasteiger partial charge in [-0.25, -0.2) is 24.0 Å². The van der Waals surface area contributed by atoms with E-state index in [1.165, 1.54) is 18.6 Å². The molecule has 0 aliphatic carbocycles. The Morgan fingerprint density at radius 3 is 0.811 bits per heavy atom. The van der Waals surface area contributed by atoms with Crippen LogP contribution in [0.2, 0.25) is 0 Å². The van der Waals surface area contributed by atoms with Crippen molar-refractivity contribution in [1.82, 2.24) is 30.9 Å². The Morgan fingerprint density at radius 2 is 0.601 bits per heavy atom. The number of anilines is 6. The minimum absolute atomic E-state index is 0.0105. The second kappa shape index (κ2) is 60.1. The normalized spacial score (nSPS) is 11.6. The third kappa shape index (κ3) is 41.3. The molecule has 3 heterocycles. The van der Waals surface area contributed by atoms with Crippen molar-refractivity contribution >= 4 is 138 Å². The molecule has 148 heavy (non-hydrogen) atoms. The Hall–Kier alpha value is -16.0. The highest BCUT2D eigenvalue weighted by Crippen LogP contribution is 2.43. The molecule has 3 aromatic heterocycles. The third-order valence-electron chi connectivity index (χ3n) is 19.4. The zero-order valence-corrected chi connectivity index (χ0v) is 81.6. The van der Waals surface area contributed by atoms with Gasteiger partial charge in [-0.3, -0.25) is 48.7 Å². The van der Waals surface area contributed by atoms with Gasteiger partial charge in [0.05, 0.1) is 108 Å². The average molecular weight is 2120 g/mol. The van der Waals surface area contributed by atoms with Crippen molar-refractivity contribution in [3.05, 3.63) is 160 Å². The minimum atomic E-state index is -5.08. The zero-order valence-electron chi connectivity index (χ0n) is 81.6. The summed E-state index contributed by atoms with van der Waals surface area (Å²) in [5, 5.41) is 56.6. The Bertz CT molecular complexity index is 5930. The molecule has 814 valence electrons. The number of ether oxygens (including phenoxy) is 6. The Labute approximate surface area is 835 Å². The number of halogens is 15. The van der Waals surface area contributed by atoms with Crippen LogP contribution in [-0.4, -0.2) is 207 Å². The van der Waals surface area contributed by atoms with Crippen molar-refractivity contribution in [3.63, 3.8) is 0 Å². The lowest BCUT2D eigenvalue weighted by molar-refractivity contribution is -0.193. The minimum Gasteiger partial charge on any atom is -0.490 e. The maximum absolute atomic E-state index is 12.6. The predicted octanol–water partition coefficient (Wildman–Crippen LogP) is 13.0. The van der Waals surface area contributed by atoms with Crippen LogP contribution < -0.4 is 106 Å². The first kappa shape index (κ1) is 128. The predicted molar refractivity (Wildman–Crippen MR) is 513 cm³/mol. The highest BCUT2D eigenvalue weighted by molar-refractivity contribution is 6.11. The van der Waals surface area contributed by atoms with Gasteiger partial charge in [-0.15, -0.1) is 0 Å². The molecular formula is C93H115F15N18O22. The summed E-state index contributed by atoms with van der Waals surface area (Å²) < 4.78 is 193. The van der Waals surface area contributed by atoms with Gasteiger partial charge in [0.25, 0.3) is 17.7 Å². The molecule has 0 radical (unpaired) electrons. The molecule has 40 nitrogen and oxygen atoms in total. The summed E-state index contributed by atoms with van der Waals surface area (Å²) in [5.74, 6) is -12.9.